The molecule has 0 radical (unpaired) electrons. The Kier molecular flexibility index (Phi) is 73.1. The van der Waals surface area contributed by atoms with Crippen molar-refractivity contribution in [2.45, 2.75) is 463 Å². The monoisotopic (exact) mass is 1150 g/mol. The van der Waals surface area contributed by atoms with Crippen LogP contribution in [0.4, 0.5) is 0 Å². The molecule has 0 heterocycles. The average molecular weight is 1150 g/mol. The van der Waals surface area contributed by atoms with E-state index in [0.29, 0.717) is 6.42 Å². The third-order valence-corrected chi connectivity index (χ3v) is 18.4. The SMILES string of the molecule is CCCCCCCCCC/C=C\CCCCCCCCCCCCCCCCCCCCCCCCCCCCCC(=O)NC(CO)C(O)/C=C/CCCCCCCCCCCCCCCCCCCCCCCCCCCCCCC. The lowest BCUT2D eigenvalue weighted by Crippen LogP contribution is -2.45. The molecule has 3 N–H and O–H groups in total. The Morgan fingerprint density at radius 1 is 0.280 bits per heavy atom. The maximum Gasteiger partial charge on any atom is 0.220 e. The van der Waals surface area contributed by atoms with Crippen LogP contribution in [-0.2, 0) is 4.79 Å². The first-order chi connectivity index (χ1) is 40.7. The quantitative estimate of drug-likeness (QED) is 0.0420. The molecule has 0 spiro atoms. The van der Waals surface area contributed by atoms with Crippen LogP contribution in [0.1, 0.15) is 450 Å². The molecular formula is C78H153NO3. The van der Waals surface area contributed by atoms with Crippen LogP contribution < -0.4 is 5.32 Å². The predicted molar refractivity (Wildman–Crippen MR) is 369 cm³/mol. The number of nitrogens with one attached hydrogen (secondary N) is 1. The van der Waals surface area contributed by atoms with Crippen LogP contribution in [0.5, 0.6) is 0 Å². The molecule has 0 rings (SSSR count). The molecule has 0 fully saturated rings. The minimum absolute atomic E-state index is 0.0529. The first-order valence-electron chi connectivity index (χ1n) is 38.6. The van der Waals surface area contributed by atoms with Gasteiger partial charge in [-0.3, -0.25) is 4.79 Å². The van der Waals surface area contributed by atoms with E-state index in [1.54, 1.807) is 6.08 Å². The fourth-order valence-electron chi connectivity index (χ4n) is 12.6. The molecule has 0 saturated carbocycles. The highest BCUT2D eigenvalue weighted by Crippen LogP contribution is 2.20. The third kappa shape index (κ3) is 69.6. The summed E-state index contributed by atoms with van der Waals surface area (Å²) in [7, 11) is 0. The summed E-state index contributed by atoms with van der Waals surface area (Å²) in [4.78, 5) is 12.6. The third-order valence-electron chi connectivity index (χ3n) is 18.4. The molecule has 2 atom stereocenters. The molecule has 0 aromatic carbocycles. The van der Waals surface area contributed by atoms with Gasteiger partial charge in [0.25, 0.3) is 0 Å². The van der Waals surface area contributed by atoms with Crippen LogP contribution in [-0.4, -0.2) is 34.9 Å². The molecule has 0 aliphatic rings. The molecule has 0 aliphatic heterocycles. The summed E-state index contributed by atoms with van der Waals surface area (Å²) in [5.74, 6) is -0.0529. The minimum Gasteiger partial charge on any atom is -0.394 e. The van der Waals surface area contributed by atoms with Crippen molar-refractivity contribution >= 4 is 5.91 Å². The molecule has 4 nitrogen and oxygen atoms in total. The van der Waals surface area contributed by atoms with Gasteiger partial charge < -0.3 is 15.5 Å². The first-order valence-corrected chi connectivity index (χ1v) is 38.6. The number of amides is 1. The summed E-state index contributed by atoms with van der Waals surface area (Å²) in [5.41, 5.74) is 0. The van der Waals surface area contributed by atoms with Crippen molar-refractivity contribution in [3.63, 3.8) is 0 Å². The average Bonchev–Trinajstić information content (AvgIpc) is 3.50. The minimum atomic E-state index is -0.839. The Bertz CT molecular complexity index is 1210. The molecule has 0 aliphatic carbocycles. The van der Waals surface area contributed by atoms with E-state index in [9.17, 15) is 15.0 Å². The second-order valence-electron chi connectivity index (χ2n) is 26.8. The lowest BCUT2D eigenvalue weighted by molar-refractivity contribution is -0.123. The van der Waals surface area contributed by atoms with Crippen LogP contribution in [0.3, 0.4) is 0 Å². The van der Waals surface area contributed by atoms with Gasteiger partial charge in [0.15, 0.2) is 0 Å². The summed E-state index contributed by atoms with van der Waals surface area (Å²) in [6, 6.07) is -0.621. The fourth-order valence-corrected chi connectivity index (χ4v) is 12.6. The summed E-state index contributed by atoms with van der Waals surface area (Å²) >= 11 is 0. The van der Waals surface area contributed by atoms with Crippen molar-refractivity contribution in [1.29, 1.82) is 0 Å². The van der Waals surface area contributed by atoms with Crippen LogP contribution in [0, 0.1) is 0 Å². The number of aliphatic hydroxyl groups excluding tert-OH is 2. The van der Waals surface area contributed by atoms with Gasteiger partial charge in [-0.25, -0.2) is 0 Å². The number of allylic oxidation sites excluding steroid dienone is 3. The maximum atomic E-state index is 12.6. The zero-order chi connectivity index (χ0) is 59.1. The van der Waals surface area contributed by atoms with Crippen LogP contribution in [0.15, 0.2) is 24.3 Å². The van der Waals surface area contributed by atoms with Gasteiger partial charge in [0, 0.05) is 6.42 Å². The number of rotatable bonds is 73. The van der Waals surface area contributed by atoms with Crippen LogP contribution in [0.25, 0.3) is 0 Å². The van der Waals surface area contributed by atoms with Crippen LogP contribution in [0.2, 0.25) is 0 Å². The normalized spacial score (nSPS) is 12.7. The lowest BCUT2D eigenvalue weighted by Gasteiger charge is -2.20. The van der Waals surface area contributed by atoms with Crippen molar-refractivity contribution < 1.29 is 15.0 Å². The number of unbranched alkanes of at least 4 members (excludes halogenated alkanes) is 64. The molecule has 4 heteroatoms. The van der Waals surface area contributed by atoms with E-state index in [4.69, 9.17) is 0 Å². The predicted octanol–water partition coefficient (Wildman–Crippen LogP) is 26.5. The van der Waals surface area contributed by atoms with Gasteiger partial charge in [0.2, 0.25) is 5.91 Å². The van der Waals surface area contributed by atoms with Crippen molar-refractivity contribution in [2.24, 2.45) is 0 Å². The van der Waals surface area contributed by atoms with Gasteiger partial charge in [-0.1, -0.05) is 423 Å². The smallest absolute Gasteiger partial charge is 0.220 e. The zero-order valence-electron chi connectivity index (χ0n) is 56.6. The molecule has 0 aromatic rings. The number of carbonyl (C=O) groups excluding carboxylic acids is 1. The van der Waals surface area contributed by atoms with E-state index in [-0.39, 0.29) is 12.5 Å². The van der Waals surface area contributed by atoms with E-state index < -0.39 is 12.1 Å². The summed E-state index contributed by atoms with van der Waals surface area (Å²) < 4.78 is 0. The Morgan fingerprint density at radius 2 is 0.463 bits per heavy atom. The van der Waals surface area contributed by atoms with E-state index in [1.165, 1.54) is 405 Å². The largest absolute Gasteiger partial charge is 0.394 e. The zero-order valence-corrected chi connectivity index (χ0v) is 56.6. The van der Waals surface area contributed by atoms with Gasteiger partial charge >= 0.3 is 0 Å². The topological polar surface area (TPSA) is 69.6 Å². The Labute approximate surface area is 517 Å². The molecule has 0 bridgehead atoms. The van der Waals surface area contributed by atoms with E-state index >= 15 is 0 Å². The number of aliphatic hydroxyl groups is 2. The highest BCUT2D eigenvalue weighted by molar-refractivity contribution is 5.76. The molecular weight excluding hydrogens is 999 g/mol. The lowest BCUT2D eigenvalue weighted by atomic mass is 10.0. The van der Waals surface area contributed by atoms with Gasteiger partial charge in [-0.15, -0.1) is 0 Å². The summed E-state index contributed by atoms with van der Waals surface area (Å²) in [5, 5.41) is 23.4. The first kappa shape index (κ1) is 80.9. The molecule has 1 amide bonds. The summed E-state index contributed by atoms with van der Waals surface area (Å²) in [6.07, 6.45) is 102. The Balaban J connectivity index is 3.37. The Hall–Kier alpha value is -1.13. The van der Waals surface area contributed by atoms with Crippen molar-refractivity contribution in [2.75, 3.05) is 6.61 Å². The number of carbonyl (C=O) groups is 1. The number of hydrogen-bond acceptors (Lipinski definition) is 3. The van der Waals surface area contributed by atoms with Crippen molar-refractivity contribution in [3.8, 4) is 0 Å². The van der Waals surface area contributed by atoms with Gasteiger partial charge in [0.05, 0.1) is 18.8 Å². The summed E-state index contributed by atoms with van der Waals surface area (Å²) in [6.45, 7) is 4.37. The highest BCUT2D eigenvalue weighted by atomic mass is 16.3. The van der Waals surface area contributed by atoms with Crippen molar-refractivity contribution in [3.05, 3.63) is 24.3 Å². The maximum absolute atomic E-state index is 12.6. The van der Waals surface area contributed by atoms with Crippen LogP contribution >= 0.6 is 0 Å². The fraction of sp³-hybridized carbons (Fsp3) is 0.936. The number of hydrogen-bond donors (Lipinski definition) is 3. The molecule has 0 aromatic heterocycles. The van der Waals surface area contributed by atoms with Gasteiger partial charge in [-0.05, 0) is 44.9 Å². The van der Waals surface area contributed by atoms with Crippen molar-refractivity contribution in [1.82, 2.24) is 5.32 Å². The van der Waals surface area contributed by atoms with E-state index in [0.717, 1.165) is 25.7 Å². The highest BCUT2D eigenvalue weighted by Gasteiger charge is 2.18. The molecule has 0 saturated heterocycles. The standard InChI is InChI=1S/C78H153NO3/c1-3-5-7-9-11-13-15-17-19-21-23-25-27-29-31-33-35-36-37-38-39-40-41-42-44-46-48-50-52-54-56-58-60-62-64-66-68-70-72-74-78(82)79-76(75-80)77(81)73-71-69-67-65-63-61-59-57-55-53-51-49-47-45-43-34-32-30-28-26-24-22-20-18-16-14-12-10-8-6-4-2/h21,23,71,73,76-77,80-81H,3-20,22,24-70,72,74-75H2,1-2H3,(H,79,82)/b23-21-,73-71+. The van der Waals surface area contributed by atoms with Gasteiger partial charge in [-0.2, -0.15) is 0 Å². The molecule has 488 valence electrons. The second kappa shape index (κ2) is 74.1. The Morgan fingerprint density at radius 3 is 0.671 bits per heavy atom. The molecule has 2 unspecified atom stereocenters. The second-order valence-corrected chi connectivity index (χ2v) is 26.8. The van der Waals surface area contributed by atoms with Gasteiger partial charge in [0.1, 0.15) is 0 Å². The molecule has 82 heavy (non-hydrogen) atoms. The van der Waals surface area contributed by atoms with E-state index in [1.807, 2.05) is 6.08 Å². The van der Waals surface area contributed by atoms with E-state index in [2.05, 4.69) is 31.3 Å².